The van der Waals surface area contributed by atoms with Crippen molar-refractivity contribution in [1.29, 1.82) is 0 Å². The third kappa shape index (κ3) is 5.18. The number of rotatable bonds is 6. The standard InChI is InChI=1S/C27H30FN7O4S/c1-15-9-35(10-16(2)30-15)23-5-4-20(26(36)31-19-6-18-11-34(3)33-24(18)22(28)7-19)25-21(23)8-29-27(32-25)39-12-17-13-40(37,38)14-17/h4-8,11,15-17,30H,9-10,12-14H2,1-3H3,(H,31,36)/t15-,16-/m0/s1. The van der Waals surface area contributed by atoms with Crippen LogP contribution in [0.25, 0.3) is 21.8 Å². The molecule has 0 radical (unpaired) electrons. The number of amides is 1. The van der Waals surface area contributed by atoms with E-state index in [4.69, 9.17) is 4.74 Å². The van der Waals surface area contributed by atoms with Gasteiger partial charge in [-0.15, -0.1) is 0 Å². The first kappa shape index (κ1) is 26.4. The zero-order chi connectivity index (χ0) is 28.2. The van der Waals surface area contributed by atoms with Crippen molar-refractivity contribution in [2.24, 2.45) is 13.0 Å². The fraction of sp³-hybridized carbons (Fsp3) is 0.407. The second-order valence-corrected chi connectivity index (χ2v) is 13.0. The van der Waals surface area contributed by atoms with Crippen LogP contribution in [-0.2, 0) is 16.9 Å². The number of nitrogens with one attached hydrogen (secondary N) is 2. The van der Waals surface area contributed by atoms with Gasteiger partial charge in [0.05, 0.1) is 29.2 Å². The van der Waals surface area contributed by atoms with Gasteiger partial charge in [0, 0.05) is 72.7 Å². The highest BCUT2D eigenvalue weighted by atomic mass is 32.2. The van der Waals surface area contributed by atoms with Gasteiger partial charge in [-0.3, -0.25) is 9.48 Å². The quantitative estimate of drug-likeness (QED) is 0.361. The van der Waals surface area contributed by atoms with E-state index in [1.165, 1.54) is 10.7 Å². The van der Waals surface area contributed by atoms with Gasteiger partial charge in [-0.05, 0) is 38.1 Å². The topological polar surface area (TPSA) is 131 Å². The molecule has 1 amide bonds. The van der Waals surface area contributed by atoms with E-state index in [0.29, 0.717) is 22.0 Å². The number of fused-ring (bicyclic) bond motifs is 2. The van der Waals surface area contributed by atoms with Crippen molar-refractivity contribution < 1.29 is 22.3 Å². The van der Waals surface area contributed by atoms with Crippen LogP contribution in [0.15, 0.2) is 36.7 Å². The monoisotopic (exact) mass is 567 g/mol. The van der Waals surface area contributed by atoms with E-state index in [9.17, 15) is 17.6 Å². The minimum atomic E-state index is -2.98. The summed E-state index contributed by atoms with van der Waals surface area (Å²) in [5.41, 5.74) is 2.08. The van der Waals surface area contributed by atoms with Crippen molar-refractivity contribution >= 4 is 48.9 Å². The van der Waals surface area contributed by atoms with E-state index in [2.05, 4.69) is 44.4 Å². The molecule has 2 aliphatic rings. The Morgan fingerprint density at radius 1 is 1.18 bits per heavy atom. The summed E-state index contributed by atoms with van der Waals surface area (Å²) in [5.74, 6) is -0.951. The fourth-order valence-electron chi connectivity index (χ4n) is 5.58. The minimum Gasteiger partial charge on any atom is -0.463 e. The summed E-state index contributed by atoms with van der Waals surface area (Å²) in [5, 5.41) is 11.7. The molecule has 2 aromatic heterocycles. The van der Waals surface area contributed by atoms with Crippen LogP contribution in [0, 0.1) is 11.7 Å². The van der Waals surface area contributed by atoms with Gasteiger partial charge in [-0.1, -0.05) is 0 Å². The van der Waals surface area contributed by atoms with Gasteiger partial charge in [0.1, 0.15) is 5.52 Å². The number of aryl methyl sites for hydroxylation is 1. The van der Waals surface area contributed by atoms with Crippen molar-refractivity contribution in [2.45, 2.75) is 25.9 Å². The molecule has 2 fully saturated rings. The molecule has 2 atom stereocenters. The average molecular weight is 568 g/mol. The lowest BCUT2D eigenvalue weighted by Crippen LogP contribution is -2.54. The Bertz CT molecular complexity index is 1720. The molecule has 0 unspecified atom stereocenters. The molecule has 0 spiro atoms. The molecule has 2 N–H and O–H groups in total. The normalized spacial score (nSPS) is 20.9. The van der Waals surface area contributed by atoms with E-state index in [1.807, 2.05) is 6.07 Å². The lowest BCUT2D eigenvalue weighted by Gasteiger charge is -2.38. The number of benzene rings is 2. The summed E-state index contributed by atoms with van der Waals surface area (Å²) in [4.78, 5) is 24.8. The van der Waals surface area contributed by atoms with Gasteiger partial charge in [0.2, 0.25) is 0 Å². The van der Waals surface area contributed by atoms with Crippen LogP contribution in [0.5, 0.6) is 6.01 Å². The smallest absolute Gasteiger partial charge is 0.316 e. The highest BCUT2D eigenvalue weighted by Crippen LogP contribution is 2.32. The lowest BCUT2D eigenvalue weighted by atomic mass is 10.0. The number of carbonyl (C=O) groups excluding carboxylic acids is 1. The van der Waals surface area contributed by atoms with E-state index in [-0.39, 0.29) is 53.2 Å². The summed E-state index contributed by atoms with van der Waals surface area (Å²) in [7, 11) is -1.27. The van der Waals surface area contributed by atoms with Gasteiger partial charge in [0.15, 0.2) is 15.7 Å². The zero-order valence-electron chi connectivity index (χ0n) is 22.4. The van der Waals surface area contributed by atoms with Crippen molar-refractivity contribution in [2.75, 3.05) is 41.4 Å². The Balaban J connectivity index is 1.35. The van der Waals surface area contributed by atoms with Crippen LogP contribution in [0.4, 0.5) is 15.8 Å². The molecule has 4 aromatic rings. The molecule has 2 saturated heterocycles. The van der Waals surface area contributed by atoms with Crippen LogP contribution in [-0.4, -0.2) is 77.4 Å². The number of sulfone groups is 1. The summed E-state index contributed by atoms with van der Waals surface area (Å²) >= 11 is 0. The Morgan fingerprint density at radius 3 is 2.65 bits per heavy atom. The number of aromatic nitrogens is 4. The molecule has 210 valence electrons. The third-order valence-corrected chi connectivity index (χ3v) is 9.17. The largest absolute Gasteiger partial charge is 0.463 e. The summed E-state index contributed by atoms with van der Waals surface area (Å²) < 4.78 is 45.0. The molecule has 4 heterocycles. The summed E-state index contributed by atoms with van der Waals surface area (Å²) in [6, 6.07) is 7.09. The third-order valence-electron chi connectivity index (χ3n) is 7.21. The maximum absolute atomic E-state index is 14.7. The number of halogens is 1. The molecule has 0 bridgehead atoms. The number of ether oxygens (including phenoxy) is 1. The second-order valence-electron chi connectivity index (χ2n) is 10.8. The minimum absolute atomic E-state index is 0.0628. The highest BCUT2D eigenvalue weighted by Gasteiger charge is 2.34. The van der Waals surface area contributed by atoms with Crippen LogP contribution in [0.3, 0.4) is 0 Å². The number of nitrogens with zero attached hydrogens (tertiary/aromatic N) is 5. The number of carbonyl (C=O) groups is 1. The van der Waals surface area contributed by atoms with Crippen molar-refractivity contribution in [3.05, 3.63) is 48.0 Å². The predicted molar refractivity (Wildman–Crippen MR) is 150 cm³/mol. The molecular weight excluding hydrogens is 537 g/mol. The zero-order valence-corrected chi connectivity index (χ0v) is 23.2. The fourth-order valence-corrected chi connectivity index (χ4v) is 7.11. The van der Waals surface area contributed by atoms with Gasteiger partial charge >= 0.3 is 6.01 Å². The summed E-state index contributed by atoms with van der Waals surface area (Å²) in [6.07, 6.45) is 3.32. The van der Waals surface area contributed by atoms with Crippen LogP contribution >= 0.6 is 0 Å². The second kappa shape index (κ2) is 9.97. The highest BCUT2D eigenvalue weighted by molar-refractivity contribution is 7.92. The molecule has 13 heteroatoms. The number of anilines is 2. The van der Waals surface area contributed by atoms with Gasteiger partial charge < -0.3 is 20.3 Å². The van der Waals surface area contributed by atoms with E-state index >= 15 is 0 Å². The van der Waals surface area contributed by atoms with Crippen LogP contribution in [0.2, 0.25) is 0 Å². The van der Waals surface area contributed by atoms with E-state index in [1.54, 1.807) is 31.6 Å². The van der Waals surface area contributed by atoms with Crippen molar-refractivity contribution in [3.8, 4) is 6.01 Å². The van der Waals surface area contributed by atoms with Crippen molar-refractivity contribution in [1.82, 2.24) is 25.1 Å². The Kier molecular flexibility index (Phi) is 6.57. The van der Waals surface area contributed by atoms with E-state index in [0.717, 1.165) is 18.8 Å². The lowest BCUT2D eigenvalue weighted by molar-refractivity contribution is 0.102. The van der Waals surface area contributed by atoms with E-state index < -0.39 is 21.6 Å². The average Bonchev–Trinajstić information content (AvgIpc) is 3.25. The molecule has 40 heavy (non-hydrogen) atoms. The molecule has 11 nitrogen and oxygen atoms in total. The summed E-state index contributed by atoms with van der Waals surface area (Å²) in [6.45, 7) is 5.94. The number of hydrogen-bond acceptors (Lipinski definition) is 9. The van der Waals surface area contributed by atoms with Gasteiger partial charge in [-0.25, -0.2) is 17.8 Å². The Hall–Kier alpha value is -3.84. The maximum Gasteiger partial charge on any atom is 0.316 e. The molecule has 0 aliphatic carbocycles. The van der Waals surface area contributed by atoms with Gasteiger partial charge in [0.25, 0.3) is 5.91 Å². The number of piperazine rings is 1. The maximum atomic E-state index is 14.7. The Morgan fingerprint density at radius 2 is 1.93 bits per heavy atom. The first-order valence-electron chi connectivity index (χ1n) is 13.1. The van der Waals surface area contributed by atoms with Crippen LogP contribution in [0.1, 0.15) is 24.2 Å². The van der Waals surface area contributed by atoms with Crippen LogP contribution < -0.4 is 20.3 Å². The first-order chi connectivity index (χ1) is 19.0. The van der Waals surface area contributed by atoms with Gasteiger partial charge in [-0.2, -0.15) is 10.1 Å². The predicted octanol–water partition coefficient (Wildman–Crippen LogP) is 2.52. The molecular formula is C27H30FN7O4S. The first-order valence-corrected chi connectivity index (χ1v) is 14.9. The SMILES string of the molecule is C[C@H]1CN(c2ccc(C(=O)Nc3cc(F)c4nn(C)cc4c3)c3nc(OCC4CS(=O)(=O)C4)ncc23)C[C@H](C)N1. The Labute approximate surface area is 230 Å². The van der Waals surface area contributed by atoms with Crippen molar-refractivity contribution in [3.63, 3.8) is 0 Å². The number of hydrogen-bond donors (Lipinski definition) is 2. The molecule has 2 aliphatic heterocycles. The molecule has 0 saturated carbocycles. The molecule has 2 aromatic carbocycles. The molecule has 6 rings (SSSR count).